The number of fused-ring (bicyclic) bond motifs is 1. The number of benzene rings is 1. The molecule has 3 nitrogen and oxygen atoms in total. The molecule has 1 N–H and O–H groups in total. The summed E-state index contributed by atoms with van der Waals surface area (Å²) < 4.78 is 20.5. The zero-order chi connectivity index (χ0) is 13.5. The summed E-state index contributed by atoms with van der Waals surface area (Å²) in [6.07, 6.45) is 2.84. The Hall–Kier alpha value is -1.29. The monoisotopic (exact) mass is 264 g/mol. The Morgan fingerprint density at radius 1 is 1.53 bits per heavy atom. The van der Waals surface area contributed by atoms with Crippen LogP contribution in [0.4, 0.5) is 10.1 Å². The van der Waals surface area contributed by atoms with Gasteiger partial charge in [-0.2, -0.15) is 0 Å². The van der Waals surface area contributed by atoms with Crippen molar-refractivity contribution in [2.24, 2.45) is 0 Å². The highest BCUT2D eigenvalue weighted by Gasteiger charge is 2.42. The molecule has 0 saturated carbocycles. The SMILES string of the molecule is COc1ccc2c(c1)[C@@](F)(C[C@@H]1CCCN1C)CN2. The molecule has 2 aliphatic rings. The molecule has 0 aromatic heterocycles. The quantitative estimate of drug-likeness (QED) is 0.908. The normalized spacial score (nSPS) is 30.2. The van der Waals surface area contributed by atoms with Crippen LogP contribution in [-0.4, -0.2) is 38.2 Å². The number of anilines is 1. The van der Waals surface area contributed by atoms with E-state index in [1.165, 1.54) is 6.42 Å². The van der Waals surface area contributed by atoms with E-state index >= 15 is 4.39 Å². The fourth-order valence-corrected chi connectivity index (χ4v) is 3.30. The van der Waals surface area contributed by atoms with Gasteiger partial charge in [0.05, 0.1) is 13.7 Å². The minimum absolute atomic E-state index is 0.351. The van der Waals surface area contributed by atoms with E-state index in [0.717, 1.165) is 30.0 Å². The lowest BCUT2D eigenvalue weighted by Gasteiger charge is -2.27. The first-order chi connectivity index (χ1) is 9.12. The van der Waals surface area contributed by atoms with Crippen LogP contribution >= 0.6 is 0 Å². The number of hydrogen-bond donors (Lipinski definition) is 1. The van der Waals surface area contributed by atoms with Crippen LogP contribution in [0, 0.1) is 0 Å². The smallest absolute Gasteiger partial charge is 0.156 e. The minimum atomic E-state index is -1.27. The lowest BCUT2D eigenvalue weighted by molar-refractivity contribution is 0.128. The largest absolute Gasteiger partial charge is 0.497 e. The summed E-state index contributed by atoms with van der Waals surface area (Å²) >= 11 is 0. The van der Waals surface area contributed by atoms with Crippen LogP contribution in [0.15, 0.2) is 18.2 Å². The number of halogens is 1. The Bertz CT molecular complexity index is 479. The minimum Gasteiger partial charge on any atom is -0.497 e. The lowest BCUT2D eigenvalue weighted by atomic mass is 9.90. The van der Waals surface area contributed by atoms with E-state index in [-0.39, 0.29) is 0 Å². The maximum Gasteiger partial charge on any atom is 0.156 e. The molecule has 104 valence electrons. The van der Waals surface area contributed by atoms with Gasteiger partial charge in [-0.05, 0) is 44.6 Å². The van der Waals surface area contributed by atoms with E-state index < -0.39 is 5.67 Å². The first kappa shape index (κ1) is 12.7. The number of hydrogen-bond acceptors (Lipinski definition) is 3. The van der Waals surface area contributed by atoms with Gasteiger partial charge in [-0.15, -0.1) is 0 Å². The first-order valence-electron chi connectivity index (χ1n) is 6.94. The molecule has 0 bridgehead atoms. The summed E-state index contributed by atoms with van der Waals surface area (Å²) in [5.74, 6) is 0.726. The van der Waals surface area contributed by atoms with E-state index in [4.69, 9.17) is 4.74 Å². The fourth-order valence-electron chi connectivity index (χ4n) is 3.30. The van der Waals surface area contributed by atoms with Crippen molar-refractivity contribution in [3.05, 3.63) is 23.8 Å². The van der Waals surface area contributed by atoms with Crippen molar-refractivity contribution in [3.8, 4) is 5.75 Å². The van der Waals surface area contributed by atoms with Gasteiger partial charge in [0, 0.05) is 23.7 Å². The van der Waals surface area contributed by atoms with Crippen LogP contribution < -0.4 is 10.1 Å². The summed E-state index contributed by atoms with van der Waals surface area (Å²) in [5.41, 5.74) is 0.392. The Kier molecular flexibility index (Phi) is 3.13. The van der Waals surface area contributed by atoms with Gasteiger partial charge in [0.2, 0.25) is 0 Å². The fraction of sp³-hybridized carbons (Fsp3) is 0.600. The predicted molar refractivity (Wildman–Crippen MR) is 74.5 cm³/mol. The van der Waals surface area contributed by atoms with Gasteiger partial charge in [0.15, 0.2) is 5.67 Å². The number of methoxy groups -OCH3 is 1. The molecule has 2 aliphatic heterocycles. The zero-order valence-electron chi connectivity index (χ0n) is 11.6. The number of ether oxygens (including phenoxy) is 1. The number of nitrogens with one attached hydrogen (secondary N) is 1. The molecule has 3 rings (SSSR count). The van der Waals surface area contributed by atoms with Crippen molar-refractivity contribution in [2.75, 3.05) is 32.6 Å². The molecule has 4 heteroatoms. The van der Waals surface area contributed by atoms with Gasteiger partial charge in [-0.1, -0.05) is 0 Å². The van der Waals surface area contributed by atoms with Crippen LogP contribution in [0.25, 0.3) is 0 Å². The van der Waals surface area contributed by atoms with Gasteiger partial charge in [0.25, 0.3) is 0 Å². The van der Waals surface area contributed by atoms with Gasteiger partial charge in [-0.3, -0.25) is 0 Å². The maximum atomic E-state index is 15.3. The van der Waals surface area contributed by atoms with Crippen LogP contribution in [0.3, 0.4) is 0 Å². The van der Waals surface area contributed by atoms with E-state index in [1.54, 1.807) is 7.11 Å². The third-order valence-electron chi connectivity index (χ3n) is 4.50. The first-order valence-corrected chi connectivity index (χ1v) is 6.94. The highest BCUT2D eigenvalue weighted by atomic mass is 19.1. The molecule has 1 aromatic rings. The molecule has 0 aliphatic carbocycles. The summed E-state index contributed by atoms with van der Waals surface area (Å²) in [4.78, 5) is 2.28. The van der Waals surface area contributed by atoms with Crippen LogP contribution in [0.5, 0.6) is 5.75 Å². The molecule has 2 atom stereocenters. The highest BCUT2D eigenvalue weighted by molar-refractivity contribution is 5.61. The second-order valence-corrected chi connectivity index (χ2v) is 5.71. The molecule has 1 fully saturated rings. The number of alkyl halides is 1. The number of nitrogens with zero attached hydrogens (tertiary/aromatic N) is 1. The molecule has 1 aromatic carbocycles. The standard InChI is InChI=1S/C15H21FN2O/c1-18-7-3-4-11(18)9-15(16)10-17-14-6-5-12(19-2)8-13(14)15/h5-6,8,11,17H,3-4,7,9-10H2,1-2H3/t11-,15+/m0/s1. The molecular weight excluding hydrogens is 243 g/mol. The molecule has 0 unspecified atom stereocenters. The molecular formula is C15H21FN2O. The summed E-state index contributed by atoms with van der Waals surface area (Å²) in [6.45, 7) is 1.46. The summed E-state index contributed by atoms with van der Waals surface area (Å²) in [6, 6.07) is 5.97. The van der Waals surface area contributed by atoms with E-state index in [2.05, 4.69) is 17.3 Å². The lowest BCUT2D eigenvalue weighted by Crippen LogP contribution is -2.34. The average molecular weight is 264 g/mol. The number of rotatable bonds is 3. The summed E-state index contributed by atoms with van der Waals surface area (Å²) in [5, 5.41) is 3.18. The third-order valence-corrected chi connectivity index (χ3v) is 4.50. The van der Waals surface area contributed by atoms with Crippen molar-refractivity contribution in [3.63, 3.8) is 0 Å². The van der Waals surface area contributed by atoms with Crippen molar-refractivity contribution < 1.29 is 9.13 Å². The molecule has 0 amide bonds. The Morgan fingerprint density at radius 2 is 2.37 bits per heavy atom. The third kappa shape index (κ3) is 2.18. The van der Waals surface area contributed by atoms with Crippen molar-refractivity contribution >= 4 is 5.69 Å². The molecule has 0 spiro atoms. The van der Waals surface area contributed by atoms with E-state index in [9.17, 15) is 0 Å². The second-order valence-electron chi connectivity index (χ2n) is 5.71. The maximum absolute atomic E-state index is 15.3. The van der Waals surface area contributed by atoms with Crippen molar-refractivity contribution in [1.82, 2.24) is 4.90 Å². The Balaban J connectivity index is 1.86. The van der Waals surface area contributed by atoms with Crippen LogP contribution in [0.1, 0.15) is 24.8 Å². The highest BCUT2D eigenvalue weighted by Crippen LogP contribution is 2.44. The average Bonchev–Trinajstić information content (AvgIpc) is 2.95. The van der Waals surface area contributed by atoms with Gasteiger partial charge < -0.3 is 15.0 Å². The van der Waals surface area contributed by atoms with Crippen LogP contribution in [-0.2, 0) is 5.67 Å². The molecule has 1 saturated heterocycles. The van der Waals surface area contributed by atoms with E-state index in [0.29, 0.717) is 19.0 Å². The molecule has 19 heavy (non-hydrogen) atoms. The van der Waals surface area contributed by atoms with Crippen molar-refractivity contribution in [2.45, 2.75) is 31.0 Å². The molecule has 0 radical (unpaired) electrons. The van der Waals surface area contributed by atoms with E-state index in [1.807, 2.05) is 18.2 Å². The Morgan fingerprint density at radius 3 is 3.05 bits per heavy atom. The topological polar surface area (TPSA) is 24.5 Å². The number of likely N-dealkylation sites (tertiary alicyclic amines) is 1. The van der Waals surface area contributed by atoms with Gasteiger partial charge >= 0.3 is 0 Å². The predicted octanol–water partition coefficient (Wildman–Crippen LogP) is 2.77. The second kappa shape index (κ2) is 4.67. The van der Waals surface area contributed by atoms with Gasteiger partial charge in [-0.25, -0.2) is 4.39 Å². The zero-order valence-corrected chi connectivity index (χ0v) is 11.6. The van der Waals surface area contributed by atoms with Gasteiger partial charge in [0.1, 0.15) is 5.75 Å². The molecule has 2 heterocycles. The van der Waals surface area contributed by atoms with Crippen molar-refractivity contribution in [1.29, 1.82) is 0 Å². The summed E-state index contributed by atoms with van der Waals surface area (Å²) in [7, 11) is 3.71. The van der Waals surface area contributed by atoms with Crippen LogP contribution in [0.2, 0.25) is 0 Å². The Labute approximate surface area is 113 Å².